The van der Waals surface area contributed by atoms with Crippen molar-refractivity contribution in [3.8, 4) is 0 Å². The van der Waals surface area contributed by atoms with Gasteiger partial charge in [0, 0.05) is 6.92 Å². The first-order valence-electron chi connectivity index (χ1n) is 4.07. The Balaban J connectivity index is 4.78. The molecule has 0 aromatic heterocycles. The second kappa shape index (κ2) is 4.14. The first kappa shape index (κ1) is 13.2. The van der Waals surface area contributed by atoms with Crippen molar-refractivity contribution in [1.82, 2.24) is 0 Å². The molecule has 0 radical (unpaired) electrons. The average molecular weight is 216 g/mol. The minimum Gasteiger partial charge on any atom is -0.431 e. The van der Waals surface area contributed by atoms with Crippen LogP contribution in [0.5, 0.6) is 0 Å². The highest BCUT2D eigenvalue weighted by Gasteiger charge is 2.56. The van der Waals surface area contributed by atoms with Crippen molar-refractivity contribution in [2.24, 2.45) is 5.41 Å². The van der Waals surface area contributed by atoms with Crippen molar-refractivity contribution in [3.05, 3.63) is 0 Å². The number of hydrogen-bond donors (Lipinski definition) is 0. The van der Waals surface area contributed by atoms with Gasteiger partial charge in [-0.25, -0.2) is 4.39 Å². The Labute approximate surface area is 79.2 Å². The lowest BCUT2D eigenvalue weighted by atomic mass is 9.87. The van der Waals surface area contributed by atoms with Crippen LogP contribution in [0.1, 0.15) is 27.2 Å². The number of carbonyl (C=O) groups excluding carboxylic acids is 1. The number of alkyl halides is 4. The molecule has 0 N–H and O–H groups in total. The molecule has 0 fully saturated rings. The summed E-state index contributed by atoms with van der Waals surface area (Å²) in [5, 5.41) is 0. The number of esters is 1. The quantitative estimate of drug-likeness (QED) is 0.535. The molecule has 84 valence electrons. The SMILES string of the molecule is CCC(C)(C(=O)OC(C)F)C(F)(F)F. The molecule has 0 saturated heterocycles. The zero-order chi connectivity index (χ0) is 11.6. The molecule has 0 aromatic carbocycles. The maximum absolute atomic E-state index is 12.4. The van der Waals surface area contributed by atoms with E-state index in [1.165, 1.54) is 6.92 Å². The second-order valence-corrected chi connectivity index (χ2v) is 3.13. The molecule has 0 rings (SSSR count). The molecule has 2 unspecified atom stereocenters. The van der Waals surface area contributed by atoms with Gasteiger partial charge in [0.15, 0.2) is 5.41 Å². The Morgan fingerprint density at radius 3 is 2.07 bits per heavy atom. The van der Waals surface area contributed by atoms with Crippen LogP contribution in [0.4, 0.5) is 17.6 Å². The summed E-state index contributed by atoms with van der Waals surface area (Å²) in [5.41, 5.74) is -2.63. The van der Waals surface area contributed by atoms with Gasteiger partial charge in [-0.05, 0) is 13.3 Å². The van der Waals surface area contributed by atoms with Gasteiger partial charge in [-0.3, -0.25) is 4.79 Å². The van der Waals surface area contributed by atoms with E-state index in [4.69, 9.17) is 0 Å². The van der Waals surface area contributed by atoms with Crippen LogP contribution < -0.4 is 0 Å². The molecular weight excluding hydrogens is 204 g/mol. The third kappa shape index (κ3) is 2.59. The third-order valence-corrected chi connectivity index (χ3v) is 2.05. The second-order valence-electron chi connectivity index (χ2n) is 3.13. The lowest BCUT2D eigenvalue weighted by molar-refractivity contribution is -0.236. The fourth-order valence-electron chi connectivity index (χ4n) is 0.738. The van der Waals surface area contributed by atoms with Crippen LogP contribution in [0.15, 0.2) is 0 Å². The fourth-order valence-corrected chi connectivity index (χ4v) is 0.738. The van der Waals surface area contributed by atoms with E-state index in [9.17, 15) is 22.4 Å². The van der Waals surface area contributed by atoms with Gasteiger partial charge in [-0.2, -0.15) is 13.2 Å². The molecule has 0 aliphatic heterocycles. The molecule has 0 aliphatic carbocycles. The van der Waals surface area contributed by atoms with E-state index in [0.29, 0.717) is 6.92 Å². The summed E-state index contributed by atoms with van der Waals surface area (Å²) in [4.78, 5) is 11.0. The molecule has 0 amide bonds. The Morgan fingerprint density at radius 1 is 1.43 bits per heavy atom. The fraction of sp³-hybridized carbons (Fsp3) is 0.875. The monoisotopic (exact) mass is 216 g/mol. The summed E-state index contributed by atoms with van der Waals surface area (Å²) in [5.74, 6) is -1.58. The van der Waals surface area contributed by atoms with Crippen LogP contribution in [0.3, 0.4) is 0 Å². The molecule has 0 aliphatic rings. The molecule has 0 aromatic rings. The first-order valence-corrected chi connectivity index (χ1v) is 4.07. The summed E-state index contributed by atoms with van der Waals surface area (Å²) in [7, 11) is 0. The molecule has 2 atom stereocenters. The van der Waals surface area contributed by atoms with Crippen molar-refractivity contribution in [2.75, 3.05) is 0 Å². The van der Waals surface area contributed by atoms with Gasteiger partial charge >= 0.3 is 12.1 Å². The highest BCUT2D eigenvalue weighted by molar-refractivity contribution is 5.77. The lowest BCUT2D eigenvalue weighted by Gasteiger charge is -2.28. The zero-order valence-corrected chi connectivity index (χ0v) is 8.11. The maximum atomic E-state index is 12.4. The van der Waals surface area contributed by atoms with E-state index in [0.717, 1.165) is 6.92 Å². The van der Waals surface area contributed by atoms with Crippen LogP contribution in [-0.2, 0) is 9.53 Å². The maximum Gasteiger partial charge on any atom is 0.404 e. The van der Waals surface area contributed by atoms with Crippen LogP contribution in [0.25, 0.3) is 0 Å². The molecule has 6 heteroatoms. The predicted molar refractivity (Wildman–Crippen MR) is 41.1 cm³/mol. The molecule has 0 bridgehead atoms. The summed E-state index contributed by atoms with van der Waals surface area (Å²) < 4.78 is 53.3. The van der Waals surface area contributed by atoms with Gasteiger partial charge in [0.2, 0.25) is 6.36 Å². The van der Waals surface area contributed by atoms with Crippen molar-refractivity contribution in [1.29, 1.82) is 0 Å². The van der Waals surface area contributed by atoms with Gasteiger partial charge in [-0.15, -0.1) is 0 Å². The van der Waals surface area contributed by atoms with Gasteiger partial charge in [-0.1, -0.05) is 6.92 Å². The number of carbonyl (C=O) groups is 1. The minimum absolute atomic E-state index is 0.484. The highest BCUT2D eigenvalue weighted by Crippen LogP contribution is 2.41. The molecule has 0 saturated carbocycles. The molecular formula is C8H12F4O2. The van der Waals surface area contributed by atoms with Crippen molar-refractivity contribution in [2.45, 2.75) is 39.7 Å². The first-order chi connectivity index (χ1) is 6.15. The van der Waals surface area contributed by atoms with Crippen LogP contribution in [-0.4, -0.2) is 18.5 Å². The Hall–Kier alpha value is -0.810. The van der Waals surface area contributed by atoms with E-state index in [1.54, 1.807) is 0 Å². The summed E-state index contributed by atoms with van der Waals surface area (Å²) >= 11 is 0. The van der Waals surface area contributed by atoms with Gasteiger partial charge in [0.1, 0.15) is 0 Å². The third-order valence-electron chi connectivity index (χ3n) is 2.05. The van der Waals surface area contributed by atoms with E-state index < -0.39 is 30.3 Å². The van der Waals surface area contributed by atoms with Gasteiger partial charge in [0.25, 0.3) is 0 Å². The number of rotatable bonds is 3. The average Bonchev–Trinajstić information content (AvgIpc) is 1.99. The summed E-state index contributed by atoms with van der Waals surface area (Å²) in [6.45, 7) is 2.74. The smallest absolute Gasteiger partial charge is 0.404 e. The molecule has 2 nitrogen and oxygen atoms in total. The topological polar surface area (TPSA) is 26.3 Å². The largest absolute Gasteiger partial charge is 0.431 e. The number of hydrogen-bond acceptors (Lipinski definition) is 2. The number of halogens is 4. The Kier molecular flexibility index (Phi) is 3.91. The Morgan fingerprint density at radius 2 is 1.86 bits per heavy atom. The van der Waals surface area contributed by atoms with Crippen molar-refractivity contribution >= 4 is 5.97 Å². The van der Waals surface area contributed by atoms with E-state index in [2.05, 4.69) is 4.74 Å². The summed E-state index contributed by atoms with van der Waals surface area (Å²) in [6.07, 6.45) is -7.24. The van der Waals surface area contributed by atoms with E-state index in [1.807, 2.05) is 0 Å². The van der Waals surface area contributed by atoms with Crippen LogP contribution in [0, 0.1) is 5.41 Å². The van der Waals surface area contributed by atoms with Crippen molar-refractivity contribution in [3.63, 3.8) is 0 Å². The van der Waals surface area contributed by atoms with Gasteiger partial charge in [0.05, 0.1) is 0 Å². The zero-order valence-electron chi connectivity index (χ0n) is 8.11. The lowest BCUT2D eigenvalue weighted by Crippen LogP contribution is -2.43. The van der Waals surface area contributed by atoms with Crippen molar-refractivity contribution < 1.29 is 27.1 Å². The summed E-state index contributed by atoms with van der Waals surface area (Å²) in [6, 6.07) is 0. The molecule has 14 heavy (non-hydrogen) atoms. The van der Waals surface area contributed by atoms with Gasteiger partial charge < -0.3 is 4.74 Å². The van der Waals surface area contributed by atoms with E-state index in [-0.39, 0.29) is 0 Å². The molecule has 0 spiro atoms. The normalized spacial score (nSPS) is 18.5. The molecule has 0 heterocycles. The predicted octanol–water partition coefficient (Wildman–Crippen LogP) is 2.82. The van der Waals surface area contributed by atoms with E-state index >= 15 is 0 Å². The van der Waals surface area contributed by atoms with Crippen LogP contribution in [0.2, 0.25) is 0 Å². The minimum atomic E-state index is -4.73. The number of ether oxygens (including phenoxy) is 1. The Bertz CT molecular complexity index is 212. The highest BCUT2D eigenvalue weighted by atomic mass is 19.4. The van der Waals surface area contributed by atoms with Crippen LogP contribution >= 0.6 is 0 Å². The standard InChI is InChI=1S/C8H12F4O2/c1-4-7(3,8(10,11)12)6(13)14-5(2)9/h5H,4H2,1-3H3.